The number of aromatic hydroxyl groups is 1. The van der Waals surface area contributed by atoms with Gasteiger partial charge >= 0.3 is 0 Å². The minimum Gasteiger partial charge on any atom is -0.508 e. The van der Waals surface area contributed by atoms with E-state index in [2.05, 4.69) is 0 Å². The number of fused-ring (bicyclic) bond motifs is 1. The smallest absolute Gasteiger partial charge is 0.227 e. The molecule has 0 saturated carbocycles. The van der Waals surface area contributed by atoms with E-state index in [1.165, 1.54) is 6.07 Å². The molecular weight excluding hydrogens is 202 g/mol. The van der Waals surface area contributed by atoms with Crippen LogP contribution in [0.25, 0.3) is 0 Å². The van der Waals surface area contributed by atoms with Crippen LogP contribution >= 0.6 is 11.6 Å². The molecule has 3 nitrogen and oxygen atoms in total. The van der Waals surface area contributed by atoms with Crippen molar-refractivity contribution in [3.8, 4) is 5.75 Å². The van der Waals surface area contributed by atoms with Crippen LogP contribution in [0.5, 0.6) is 5.75 Å². The van der Waals surface area contributed by atoms with Crippen molar-refractivity contribution in [2.45, 2.75) is 12.8 Å². The van der Waals surface area contributed by atoms with Gasteiger partial charge < -0.3 is 10.0 Å². The third kappa shape index (κ3) is 1.34. The highest BCUT2D eigenvalue weighted by Gasteiger charge is 2.23. The summed E-state index contributed by atoms with van der Waals surface area (Å²) in [6.45, 7) is 0. The standard InChI is InChI=1S/C10H10ClNO2/c1-12-9(14)3-2-6-4-7(13)5-8(11)10(6)12/h4-5,13H,2-3H2,1H3. The highest BCUT2D eigenvalue weighted by molar-refractivity contribution is 6.34. The molecule has 1 aliphatic heterocycles. The number of carbonyl (C=O) groups is 1. The maximum absolute atomic E-state index is 11.4. The summed E-state index contributed by atoms with van der Waals surface area (Å²) in [6, 6.07) is 3.11. The number of aryl methyl sites for hydroxylation is 1. The number of hydrogen-bond acceptors (Lipinski definition) is 2. The summed E-state index contributed by atoms with van der Waals surface area (Å²) in [5, 5.41) is 9.76. The van der Waals surface area contributed by atoms with Crippen molar-refractivity contribution in [3.05, 3.63) is 22.7 Å². The first kappa shape index (κ1) is 9.34. The van der Waals surface area contributed by atoms with Crippen LogP contribution in [0, 0.1) is 0 Å². The summed E-state index contributed by atoms with van der Waals surface area (Å²) in [4.78, 5) is 12.9. The van der Waals surface area contributed by atoms with Crippen LogP contribution in [0.15, 0.2) is 12.1 Å². The van der Waals surface area contributed by atoms with E-state index >= 15 is 0 Å². The molecule has 74 valence electrons. The Morgan fingerprint density at radius 2 is 2.14 bits per heavy atom. The fourth-order valence-electron chi connectivity index (χ4n) is 1.74. The van der Waals surface area contributed by atoms with Crippen molar-refractivity contribution in [1.29, 1.82) is 0 Å². The van der Waals surface area contributed by atoms with Gasteiger partial charge in [-0.1, -0.05) is 11.6 Å². The van der Waals surface area contributed by atoms with Crippen molar-refractivity contribution in [2.75, 3.05) is 11.9 Å². The van der Waals surface area contributed by atoms with E-state index in [1.54, 1.807) is 18.0 Å². The first-order valence-corrected chi connectivity index (χ1v) is 4.75. The minimum atomic E-state index is 0.0603. The van der Waals surface area contributed by atoms with E-state index in [-0.39, 0.29) is 11.7 Å². The number of hydrogen-bond donors (Lipinski definition) is 1. The van der Waals surface area contributed by atoms with E-state index in [0.717, 1.165) is 11.3 Å². The normalized spacial score (nSPS) is 15.6. The maximum Gasteiger partial charge on any atom is 0.227 e. The number of anilines is 1. The van der Waals surface area contributed by atoms with Gasteiger partial charge in [-0.05, 0) is 18.1 Å². The summed E-state index contributed by atoms with van der Waals surface area (Å²) >= 11 is 5.95. The van der Waals surface area contributed by atoms with E-state index < -0.39 is 0 Å². The number of rotatable bonds is 0. The molecule has 0 bridgehead atoms. The van der Waals surface area contributed by atoms with Crippen molar-refractivity contribution in [1.82, 2.24) is 0 Å². The Labute approximate surface area is 86.9 Å². The van der Waals surface area contributed by atoms with Gasteiger partial charge in [-0.15, -0.1) is 0 Å². The van der Waals surface area contributed by atoms with Gasteiger partial charge in [0.25, 0.3) is 0 Å². The van der Waals surface area contributed by atoms with Gasteiger partial charge in [0.2, 0.25) is 5.91 Å². The average Bonchev–Trinajstić information content (AvgIpc) is 2.10. The molecule has 0 saturated heterocycles. The van der Waals surface area contributed by atoms with E-state index in [0.29, 0.717) is 17.9 Å². The first-order chi connectivity index (χ1) is 6.59. The van der Waals surface area contributed by atoms with Crippen molar-refractivity contribution >= 4 is 23.2 Å². The Hall–Kier alpha value is -1.22. The van der Waals surface area contributed by atoms with Crippen LogP contribution in [0.4, 0.5) is 5.69 Å². The minimum absolute atomic E-state index is 0.0603. The Morgan fingerprint density at radius 3 is 2.86 bits per heavy atom. The summed E-state index contributed by atoms with van der Waals surface area (Å²) in [5.41, 5.74) is 1.65. The first-order valence-electron chi connectivity index (χ1n) is 4.37. The van der Waals surface area contributed by atoms with Crippen LogP contribution in [0.3, 0.4) is 0 Å². The van der Waals surface area contributed by atoms with Crippen molar-refractivity contribution in [2.24, 2.45) is 0 Å². The maximum atomic E-state index is 11.4. The monoisotopic (exact) mass is 211 g/mol. The topological polar surface area (TPSA) is 40.5 Å². The number of carbonyl (C=O) groups excluding carboxylic acids is 1. The van der Waals surface area contributed by atoms with Gasteiger partial charge in [-0.3, -0.25) is 4.79 Å². The van der Waals surface area contributed by atoms with E-state index in [4.69, 9.17) is 11.6 Å². The number of amides is 1. The molecule has 1 N–H and O–H groups in total. The second-order valence-corrected chi connectivity index (χ2v) is 3.80. The summed E-state index contributed by atoms with van der Waals surface area (Å²) in [6.07, 6.45) is 1.12. The van der Waals surface area contributed by atoms with E-state index in [1.807, 2.05) is 0 Å². The molecule has 1 aliphatic rings. The van der Waals surface area contributed by atoms with E-state index in [9.17, 15) is 9.90 Å². The molecule has 1 amide bonds. The van der Waals surface area contributed by atoms with Gasteiger partial charge in [0.05, 0.1) is 10.7 Å². The molecule has 0 unspecified atom stereocenters. The molecule has 14 heavy (non-hydrogen) atoms. The predicted molar refractivity (Wildman–Crippen MR) is 54.8 cm³/mol. The molecule has 0 spiro atoms. The summed E-state index contributed by atoms with van der Waals surface area (Å²) < 4.78 is 0. The van der Waals surface area contributed by atoms with Crippen molar-refractivity contribution in [3.63, 3.8) is 0 Å². The molecule has 1 heterocycles. The average molecular weight is 212 g/mol. The molecular formula is C10H10ClNO2. The van der Waals surface area contributed by atoms with Gasteiger partial charge in [0, 0.05) is 19.5 Å². The molecule has 1 aromatic rings. The lowest BCUT2D eigenvalue weighted by atomic mass is 10.0. The van der Waals surface area contributed by atoms with Gasteiger partial charge in [-0.25, -0.2) is 0 Å². The number of phenols is 1. The van der Waals surface area contributed by atoms with Crippen LogP contribution in [-0.2, 0) is 11.2 Å². The summed E-state index contributed by atoms with van der Waals surface area (Å²) in [5.74, 6) is 0.210. The Morgan fingerprint density at radius 1 is 1.43 bits per heavy atom. The van der Waals surface area contributed by atoms with Gasteiger partial charge in [0.15, 0.2) is 0 Å². The highest BCUT2D eigenvalue weighted by Crippen LogP contribution is 2.36. The summed E-state index contributed by atoms with van der Waals surface area (Å²) in [7, 11) is 1.70. The Kier molecular flexibility index (Phi) is 2.11. The second-order valence-electron chi connectivity index (χ2n) is 3.39. The SMILES string of the molecule is CN1C(=O)CCc2cc(O)cc(Cl)c21. The molecule has 1 aromatic carbocycles. The molecule has 0 aliphatic carbocycles. The number of phenolic OH excluding ortho intramolecular Hbond substituents is 1. The predicted octanol–water partition coefficient (Wildman–Crippen LogP) is 1.95. The zero-order valence-electron chi connectivity index (χ0n) is 7.75. The molecule has 4 heteroatoms. The molecule has 2 rings (SSSR count). The Balaban J connectivity index is 2.60. The zero-order valence-corrected chi connectivity index (χ0v) is 8.51. The number of halogens is 1. The molecule has 0 aromatic heterocycles. The van der Waals surface area contributed by atoms with Crippen LogP contribution in [0.1, 0.15) is 12.0 Å². The lowest BCUT2D eigenvalue weighted by Crippen LogP contribution is -2.31. The highest BCUT2D eigenvalue weighted by atomic mass is 35.5. The van der Waals surface area contributed by atoms with Gasteiger partial charge in [-0.2, -0.15) is 0 Å². The molecule has 0 fully saturated rings. The number of nitrogens with zero attached hydrogens (tertiary/aromatic N) is 1. The third-order valence-corrected chi connectivity index (χ3v) is 2.73. The fourth-order valence-corrected chi connectivity index (χ4v) is 2.10. The molecule has 0 atom stereocenters. The third-order valence-electron chi connectivity index (χ3n) is 2.44. The van der Waals surface area contributed by atoms with Crippen LogP contribution in [0.2, 0.25) is 5.02 Å². The quantitative estimate of drug-likeness (QED) is 0.713. The largest absolute Gasteiger partial charge is 0.508 e. The van der Waals surface area contributed by atoms with Crippen LogP contribution < -0.4 is 4.90 Å². The van der Waals surface area contributed by atoms with Crippen LogP contribution in [-0.4, -0.2) is 18.1 Å². The zero-order chi connectivity index (χ0) is 10.3. The number of benzene rings is 1. The fraction of sp³-hybridized carbons (Fsp3) is 0.300. The lowest BCUT2D eigenvalue weighted by Gasteiger charge is -2.26. The molecule has 0 radical (unpaired) electrons. The Bertz CT molecular complexity index is 403. The van der Waals surface area contributed by atoms with Gasteiger partial charge in [0.1, 0.15) is 5.75 Å². The second kappa shape index (κ2) is 3.17. The lowest BCUT2D eigenvalue weighted by molar-refractivity contribution is -0.118. The van der Waals surface area contributed by atoms with Crippen molar-refractivity contribution < 1.29 is 9.90 Å².